The van der Waals surface area contributed by atoms with Gasteiger partial charge in [0.1, 0.15) is 22.1 Å². The van der Waals surface area contributed by atoms with Crippen LogP contribution in [0.2, 0.25) is 0 Å². The highest BCUT2D eigenvalue weighted by atomic mass is 32.1. The number of guanidine groups is 1. The summed E-state index contributed by atoms with van der Waals surface area (Å²) in [4.78, 5) is 21.5. The van der Waals surface area contributed by atoms with Crippen LogP contribution >= 0.6 is 11.3 Å². The van der Waals surface area contributed by atoms with Crippen LogP contribution in [0.25, 0.3) is 0 Å². The van der Waals surface area contributed by atoms with Crippen molar-refractivity contribution in [1.29, 1.82) is 0 Å². The fourth-order valence-corrected chi connectivity index (χ4v) is 2.98. The number of methoxy groups -OCH3 is 1. The molecule has 0 spiro atoms. The van der Waals surface area contributed by atoms with Gasteiger partial charge >= 0.3 is 5.97 Å². The molecule has 2 aromatic rings. The minimum Gasteiger partial charge on any atom is -0.465 e. The van der Waals surface area contributed by atoms with Crippen molar-refractivity contribution in [2.45, 2.75) is 33.9 Å². The molecular weight excluding hydrogens is 328 g/mol. The minimum atomic E-state index is -0.403. The molecule has 0 radical (unpaired) electrons. The van der Waals surface area contributed by atoms with Crippen molar-refractivity contribution in [1.82, 2.24) is 15.6 Å². The number of esters is 1. The molecule has 0 amide bonds. The number of aliphatic imine (C=N–C) groups is 1. The molecule has 0 aliphatic carbocycles. The number of hydrogen-bond acceptors (Lipinski definition) is 6. The van der Waals surface area contributed by atoms with Crippen molar-refractivity contribution in [3.8, 4) is 0 Å². The molecule has 2 heterocycles. The molecular formula is C16H22N4O3S. The Kier molecular flexibility index (Phi) is 5.97. The summed E-state index contributed by atoms with van der Waals surface area (Å²) in [6, 6.07) is 1.68. The number of nitrogens with one attached hydrogen (secondary N) is 2. The molecule has 0 saturated carbocycles. The summed E-state index contributed by atoms with van der Waals surface area (Å²) in [7, 11) is 3.04. The van der Waals surface area contributed by atoms with Gasteiger partial charge in [0, 0.05) is 11.9 Å². The summed E-state index contributed by atoms with van der Waals surface area (Å²) in [5.41, 5.74) is 1.49. The summed E-state index contributed by atoms with van der Waals surface area (Å²) >= 11 is 1.67. The number of nitrogens with zero attached hydrogens (tertiary/aromatic N) is 2. The zero-order valence-electron chi connectivity index (χ0n) is 14.5. The highest BCUT2D eigenvalue weighted by Crippen LogP contribution is 2.16. The molecule has 0 saturated heterocycles. The number of aryl methyl sites for hydroxylation is 3. The molecule has 2 aromatic heterocycles. The van der Waals surface area contributed by atoms with Crippen LogP contribution in [0, 0.1) is 20.8 Å². The van der Waals surface area contributed by atoms with Crippen molar-refractivity contribution in [3.05, 3.63) is 38.7 Å². The number of carbonyl (C=O) groups excluding carboxylic acids is 1. The third kappa shape index (κ3) is 4.35. The number of hydrogen-bond donors (Lipinski definition) is 2. The standard InChI is InChI=1S/C16H22N4O3S/c1-9-11(3)24-14(20-9)8-19-16(17-4)18-7-12-6-13(10(2)23-12)15(21)22-5/h6H,7-8H2,1-5H3,(H2,17,18,19). The number of aromatic nitrogens is 1. The van der Waals surface area contributed by atoms with Gasteiger partial charge in [-0.2, -0.15) is 0 Å². The number of furan rings is 1. The first kappa shape index (κ1) is 18.0. The lowest BCUT2D eigenvalue weighted by atomic mass is 10.2. The van der Waals surface area contributed by atoms with Crippen LogP contribution in [0.4, 0.5) is 0 Å². The Bertz CT molecular complexity index is 729. The third-order valence-electron chi connectivity index (χ3n) is 3.51. The Morgan fingerprint density at radius 2 is 2.04 bits per heavy atom. The van der Waals surface area contributed by atoms with E-state index in [1.807, 2.05) is 6.92 Å². The lowest BCUT2D eigenvalue weighted by Crippen LogP contribution is -2.36. The van der Waals surface area contributed by atoms with Crippen LogP contribution in [-0.2, 0) is 17.8 Å². The predicted molar refractivity (Wildman–Crippen MR) is 93.4 cm³/mol. The average molecular weight is 350 g/mol. The summed E-state index contributed by atoms with van der Waals surface area (Å²) in [5, 5.41) is 7.36. The Hall–Kier alpha value is -2.35. The van der Waals surface area contributed by atoms with Gasteiger partial charge in [0.2, 0.25) is 0 Å². The van der Waals surface area contributed by atoms with Gasteiger partial charge in [-0.1, -0.05) is 0 Å². The van der Waals surface area contributed by atoms with Gasteiger partial charge in [0.25, 0.3) is 0 Å². The molecule has 0 atom stereocenters. The normalized spacial score (nSPS) is 11.5. The Labute approximate surface area is 145 Å². The summed E-state index contributed by atoms with van der Waals surface area (Å²) < 4.78 is 10.3. The molecule has 0 aliphatic heterocycles. The smallest absolute Gasteiger partial charge is 0.341 e. The molecule has 0 fully saturated rings. The molecule has 2 N–H and O–H groups in total. The van der Waals surface area contributed by atoms with E-state index in [-0.39, 0.29) is 0 Å². The number of rotatable bonds is 5. The zero-order valence-corrected chi connectivity index (χ0v) is 15.3. The SMILES string of the molecule is CN=C(NCc1cc(C(=O)OC)c(C)o1)NCc1nc(C)c(C)s1. The Morgan fingerprint density at radius 1 is 1.33 bits per heavy atom. The zero-order chi connectivity index (χ0) is 17.7. The summed E-state index contributed by atoms with van der Waals surface area (Å²) in [6.07, 6.45) is 0. The van der Waals surface area contributed by atoms with Crippen LogP contribution in [0.1, 0.15) is 37.5 Å². The Morgan fingerprint density at radius 3 is 2.62 bits per heavy atom. The first-order valence-electron chi connectivity index (χ1n) is 7.49. The van der Waals surface area contributed by atoms with Crippen molar-refractivity contribution in [2.75, 3.05) is 14.2 Å². The van der Waals surface area contributed by atoms with Crippen LogP contribution in [0.3, 0.4) is 0 Å². The van der Waals surface area contributed by atoms with Crippen molar-refractivity contribution in [3.63, 3.8) is 0 Å². The van der Waals surface area contributed by atoms with E-state index in [2.05, 4.69) is 27.5 Å². The van der Waals surface area contributed by atoms with Gasteiger partial charge in [0.05, 0.1) is 25.9 Å². The van der Waals surface area contributed by atoms with Crippen molar-refractivity contribution < 1.29 is 13.9 Å². The molecule has 24 heavy (non-hydrogen) atoms. The largest absolute Gasteiger partial charge is 0.465 e. The first-order chi connectivity index (χ1) is 11.4. The van der Waals surface area contributed by atoms with Gasteiger partial charge in [-0.15, -0.1) is 11.3 Å². The quantitative estimate of drug-likeness (QED) is 0.489. The van der Waals surface area contributed by atoms with E-state index in [0.29, 0.717) is 36.1 Å². The maximum Gasteiger partial charge on any atom is 0.341 e. The van der Waals surface area contributed by atoms with Gasteiger partial charge in [-0.25, -0.2) is 9.78 Å². The summed E-state index contributed by atoms with van der Waals surface area (Å²) in [6.45, 7) is 6.80. The molecule has 0 unspecified atom stereocenters. The lowest BCUT2D eigenvalue weighted by Gasteiger charge is -2.09. The third-order valence-corrected chi connectivity index (χ3v) is 4.58. The second-order valence-corrected chi connectivity index (χ2v) is 6.49. The highest BCUT2D eigenvalue weighted by molar-refractivity contribution is 7.11. The number of carbonyl (C=O) groups is 1. The topological polar surface area (TPSA) is 88.8 Å². The van der Waals surface area contributed by atoms with Gasteiger partial charge in [-0.05, 0) is 26.8 Å². The van der Waals surface area contributed by atoms with E-state index >= 15 is 0 Å². The minimum absolute atomic E-state index is 0.403. The fourth-order valence-electron chi connectivity index (χ4n) is 2.11. The monoisotopic (exact) mass is 350 g/mol. The van der Waals surface area contributed by atoms with Gasteiger partial charge < -0.3 is 19.8 Å². The maximum atomic E-state index is 11.6. The molecule has 130 valence electrons. The molecule has 0 bridgehead atoms. The van der Waals surface area contributed by atoms with Crippen LogP contribution in [-0.4, -0.2) is 31.1 Å². The van der Waals surface area contributed by atoms with Crippen LogP contribution < -0.4 is 10.6 Å². The van der Waals surface area contributed by atoms with Crippen LogP contribution in [0.5, 0.6) is 0 Å². The molecule has 8 heteroatoms. The lowest BCUT2D eigenvalue weighted by molar-refractivity contribution is 0.0599. The second-order valence-electron chi connectivity index (χ2n) is 5.20. The van der Waals surface area contributed by atoms with E-state index in [1.165, 1.54) is 12.0 Å². The fraction of sp³-hybridized carbons (Fsp3) is 0.438. The first-order valence-corrected chi connectivity index (χ1v) is 8.31. The molecule has 2 rings (SSSR count). The highest BCUT2D eigenvalue weighted by Gasteiger charge is 2.15. The van der Waals surface area contributed by atoms with E-state index < -0.39 is 5.97 Å². The van der Waals surface area contributed by atoms with Crippen LogP contribution in [0.15, 0.2) is 15.5 Å². The van der Waals surface area contributed by atoms with Gasteiger partial charge in [0.15, 0.2) is 5.96 Å². The van der Waals surface area contributed by atoms with E-state index in [0.717, 1.165) is 10.7 Å². The number of thiazole rings is 1. The van der Waals surface area contributed by atoms with E-state index in [1.54, 1.807) is 31.4 Å². The van der Waals surface area contributed by atoms with Crippen molar-refractivity contribution >= 4 is 23.3 Å². The predicted octanol–water partition coefficient (Wildman–Crippen LogP) is 2.31. The number of ether oxygens (including phenoxy) is 1. The summed E-state index contributed by atoms with van der Waals surface area (Å²) in [5.74, 6) is 1.40. The van der Waals surface area contributed by atoms with Crippen molar-refractivity contribution in [2.24, 2.45) is 4.99 Å². The van der Waals surface area contributed by atoms with E-state index in [9.17, 15) is 4.79 Å². The second kappa shape index (κ2) is 7.96. The Balaban J connectivity index is 1.91. The maximum absolute atomic E-state index is 11.6. The molecule has 0 aromatic carbocycles. The average Bonchev–Trinajstić information content (AvgIpc) is 3.09. The molecule has 7 nitrogen and oxygen atoms in total. The van der Waals surface area contributed by atoms with Gasteiger partial charge in [-0.3, -0.25) is 4.99 Å². The van der Waals surface area contributed by atoms with E-state index in [4.69, 9.17) is 9.15 Å². The molecule has 0 aliphatic rings.